The van der Waals surface area contributed by atoms with Gasteiger partial charge in [0, 0.05) is 12.6 Å². The van der Waals surface area contributed by atoms with E-state index in [2.05, 4.69) is 10.6 Å². The monoisotopic (exact) mass is 130 g/mol. The SMILES string of the molecule is CC.CNC1CCNC1. The second-order valence-electron chi connectivity index (χ2n) is 1.98. The van der Waals surface area contributed by atoms with Crippen LogP contribution in [0.4, 0.5) is 0 Å². The van der Waals surface area contributed by atoms with Crippen molar-refractivity contribution in [1.82, 2.24) is 10.6 Å². The van der Waals surface area contributed by atoms with Gasteiger partial charge in [-0.05, 0) is 20.0 Å². The normalized spacial score (nSPS) is 25.0. The maximum absolute atomic E-state index is 3.26. The minimum Gasteiger partial charge on any atom is -0.316 e. The highest BCUT2D eigenvalue weighted by molar-refractivity contribution is 4.74. The third-order valence-corrected chi connectivity index (χ3v) is 1.47. The standard InChI is InChI=1S/C5H12N2.C2H6/c1-6-5-2-3-7-4-5;1-2/h5-7H,2-4H2,1H3;1-2H3. The van der Waals surface area contributed by atoms with Gasteiger partial charge in [0.1, 0.15) is 0 Å². The van der Waals surface area contributed by atoms with Crippen LogP contribution in [-0.2, 0) is 0 Å². The van der Waals surface area contributed by atoms with Crippen LogP contribution in [0.1, 0.15) is 20.3 Å². The van der Waals surface area contributed by atoms with E-state index in [0.717, 1.165) is 12.6 Å². The van der Waals surface area contributed by atoms with Gasteiger partial charge < -0.3 is 10.6 Å². The highest BCUT2D eigenvalue weighted by atomic mass is 15.0. The second kappa shape index (κ2) is 6.05. The Kier molecular flexibility index (Phi) is 5.99. The van der Waals surface area contributed by atoms with E-state index in [0.29, 0.717) is 0 Å². The van der Waals surface area contributed by atoms with Crippen molar-refractivity contribution in [3.8, 4) is 0 Å². The predicted octanol–water partition coefficient (Wildman–Crippen LogP) is 0.594. The first-order chi connectivity index (χ1) is 4.43. The largest absolute Gasteiger partial charge is 0.316 e. The van der Waals surface area contributed by atoms with Gasteiger partial charge in [-0.25, -0.2) is 0 Å². The topological polar surface area (TPSA) is 24.1 Å². The van der Waals surface area contributed by atoms with Crippen LogP contribution in [-0.4, -0.2) is 26.2 Å². The molecule has 0 spiro atoms. The van der Waals surface area contributed by atoms with Gasteiger partial charge in [-0.3, -0.25) is 0 Å². The molecule has 0 aromatic heterocycles. The zero-order valence-corrected chi connectivity index (χ0v) is 6.70. The summed E-state index contributed by atoms with van der Waals surface area (Å²) >= 11 is 0. The van der Waals surface area contributed by atoms with E-state index in [-0.39, 0.29) is 0 Å². The number of rotatable bonds is 1. The summed E-state index contributed by atoms with van der Waals surface area (Å²) in [6.45, 7) is 6.34. The fourth-order valence-corrected chi connectivity index (χ4v) is 0.901. The van der Waals surface area contributed by atoms with Crippen LogP contribution >= 0.6 is 0 Å². The summed E-state index contributed by atoms with van der Waals surface area (Å²) in [6.07, 6.45) is 1.29. The third-order valence-electron chi connectivity index (χ3n) is 1.47. The molecule has 1 aliphatic rings. The molecule has 2 nitrogen and oxygen atoms in total. The van der Waals surface area contributed by atoms with Crippen molar-refractivity contribution < 1.29 is 0 Å². The Hall–Kier alpha value is -0.0800. The second-order valence-corrected chi connectivity index (χ2v) is 1.98. The lowest BCUT2D eigenvalue weighted by Gasteiger charge is -2.02. The number of hydrogen-bond donors (Lipinski definition) is 2. The Labute approximate surface area is 58.0 Å². The van der Waals surface area contributed by atoms with E-state index in [1.54, 1.807) is 0 Å². The lowest BCUT2D eigenvalue weighted by molar-refractivity contribution is 0.611. The van der Waals surface area contributed by atoms with E-state index in [9.17, 15) is 0 Å². The van der Waals surface area contributed by atoms with E-state index in [4.69, 9.17) is 0 Å². The van der Waals surface area contributed by atoms with Gasteiger partial charge in [0.2, 0.25) is 0 Å². The molecule has 2 N–H and O–H groups in total. The Morgan fingerprint density at radius 3 is 2.33 bits per heavy atom. The summed E-state index contributed by atoms with van der Waals surface area (Å²) in [7, 11) is 2.01. The third kappa shape index (κ3) is 3.49. The number of hydrogen-bond acceptors (Lipinski definition) is 2. The van der Waals surface area contributed by atoms with Crippen molar-refractivity contribution >= 4 is 0 Å². The zero-order chi connectivity index (χ0) is 7.11. The molecule has 0 saturated carbocycles. The smallest absolute Gasteiger partial charge is 0.0201 e. The van der Waals surface area contributed by atoms with Gasteiger partial charge in [-0.1, -0.05) is 13.8 Å². The maximum Gasteiger partial charge on any atom is 0.0201 e. The molecule has 0 bridgehead atoms. The van der Waals surface area contributed by atoms with E-state index >= 15 is 0 Å². The van der Waals surface area contributed by atoms with Crippen LogP contribution in [0.5, 0.6) is 0 Å². The molecule has 1 atom stereocenters. The first-order valence-electron chi connectivity index (χ1n) is 3.81. The summed E-state index contributed by atoms with van der Waals surface area (Å²) in [6, 6.07) is 0.736. The van der Waals surface area contributed by atoms with Gasteiger partial charge in [-0.15, -0.1) is 0 Å². The summed E-state index contributed by atoms with van der Waals surface area (Å²) in [5, 5.41) is 6.46. The summed E-state index contributed by atoms with van der Waals surface area (Å²) in [4.78, 5) is 0. The van der Waals surface area contributed by atoms with Crippen LogP contribution in [0.15, 0.2) is 0 Å². The Balaban J connectivity index is 0.000000291. The number of nitrogens with one attached hydrogen (secondary N) is 2. The average Bonchev–Trinajstić information content (AvgIpc) is 2.43. The van der Waals surface area contributed by atoms with Crippen molar-refractivity contribution in [2.45, 2.75) is 26.3 Å². The summed E-state index contributed by atoms with van der Waals surface area (Å²) in [5.41, 5.74) is 0. The molecule has 0 amide bonds. The summed E-state index contributed by atoms with van der Waals surface area (Å²) in [5.74, 6) is 0. The first-order valence-corrected chi connectivity index (χ1v) is 3.81. The molecule has 1 unspecified atom stereocenters. The van der Waals surface area contributed by atoms with Crippen molar-refractivity contribution in [3.05, 3.63) is 0 Å². The van der Waals surface area contributed by atoms with Crippen LogP contribution in [0.2, 0.25) is 0 Å². The maximum atomic E-state index is 3.26. The zero-order valence-electron chi connectivity index (χ0n) is 6.70. The summed E-state index contributed by atoms with van der Waals surface area (Å²) < 4.78 is 0. The average molecular weight is 130 g/mol. The Morgan fingerprint density at radius 1 is 1.44 bits per heavy atom. The molecule has 1 saturated heterocycles. The van der Waals surface area contributed by atoms with Crippen LogP contribution in [0, 0.1) is 0 Å². The highest BCUT2D eigenvalue weighted by Gasteiger charge is 2.09. The molecule has 0 aromatic carbocycles. The first kappa shape index (κ1) is 8.92. The fourth-order valence-electron chi connectivity index (χ4n) is 0.901. The molecule has 1 aliphatic heterocycles. The molecule has 1 fully saturated rings. The van der Waals surface area contributed by atoms with Crippen LogP contribution < -0.4 is 10.6 Å². The quantitative estimate of drug-likeness (QED) is 0.543. The number of likely N-dealkylation sites (N-methyl/N-ethyl adjacent to an activating group) is 1. The van der Waals surface area contributed by atoms with Gasteiger partial charge >= 0.3 is 0 Å². The minimum absolute atomic E-state index is 0.736. The Bertz CT molecular complexity index is 48.9. The van der Waals surface area contributed by atoms with Crippen molar-refractivity contribution in [1.29, 1.82) is 0 Å². The van der Waals surface area contributed by atoms with Crippen molar-refractivity contribution in [2.24, 2.45) is 0 Å². The molecule has 0 aliphatic carbocycles. The van der Waals surface area contributed by atoms with Gasteiger partial charge in [0.15, 0.2) is 0 Å². The molecular weight excluding hydrogens is 112 g/mol. The molecule has 9 heavy (non-hydrogen) atoms. The minimum atomic E-state index is 0.736. The van der Waals surface area contributed by atoms with Crippen molar-refractivity contribution in [2.75, 3.05) is 20.1 Å². The Morgan fingerprint density at radius 2 is 2.11 bits per heavy atom. The lowest BCUT2D eigenvalue weighted by atomic mass is 10.3. The van der Waals surface area contributed by atoms with Gasteiger partial charge in [0.05, 0.1) is 0 Å². The van der Waals surface area contributed by atoms with Gasteiger partial charge in [0.25, 0.3) is 0 Å². The fraction of sp³-hybridized carbons (Fsp3) is 1.00. The highest BCUT2D eigenvalue weighted by Crippen LogP contribution is 1.93. The predicted molar refractivity (Wildman–Crippen MR) is 41.7 cm³/mol. The molecule has 1 rings (SSSR count). The molecular formula is C7H18N2. The molecule has 2 heteroatoms. The molecule has 0 aromatic rings. The molecule has 0 radical (unpaired) electrons. The van der Waals surface area contributed by atoms with Crippen molar-refractivity contribution in [3.63, 3.8) is 0 Å². The van der Waals surface area contributed by atoms with E-state index in [1.165, 1.54) is 13.0 Å². The van der Waals surface area contributed by atoms with Crippen LogP contribution in [0.3, 0.4) is 0 Å². The van der Waals surface area contributed by atoms with E-state index in [1.807, 2.05) is 20.9 Å². The molecule has 1 heterocycles. The lowest BCUT2D eigenvalue weighted by Crippen LogP contribution is -2.26. The molecule has 56 valence electrons. The van der Waals surface area contributed by atoms with Crippen LogP contribution in [0.25, 0.3) is 0 Å². The van der Waals surface area contributed by atoms with Gasteiger partial charge in [-0.2, -0.15) is 0 Å². The van der Waals surface area contributed by atoms with E-state index < -0.39 is 0 Å².